The van der Waals surface area contributed by atoms with Crippen molar-refractivity contribution < 1.29 is 27.5 Å². The standard InChI is InChI=1S/C20H19F3N4O3/c1-11(28)12-4-2-5-13(8-12)24-19(29)15-10-18-25-14(16-6-3-7-30-16)9-17(20(21,22)23)27(18)26-15/h2-8,10-11,14,17,25,28H,9H2,1H3,(H,24,29). The van der Waals surface area contributed by atoms with E-state index in [1.807, 2.05) is 0 Å². The van der Waals surface area contributed by atoms with Gasteiger partial charge >= 0.3 is 6.18 Å². The number of alkyl halides is 3. The van der Waals surface area contributed by atoms with Crippen LogP contribution >= 0.6 is 0 Å². The predicted molar refractivity (Wildman–Crippen MR) is 102 cm³/mol. The maximum absolute atomic E-state index is 13.7. The molecule has 0 saturated carbocycles. The Morgan fingerprint density at radius 2 is 2.13 bits per heavy atom. The molecule has 1 amide bonds. The molecule has 0 aliphatic carbocycles. The van der Waals surface area contributed by atoms with Crippen LogP contribution in [-0.4, -0.2) is 27.0 Å². The van der Waals surface area contributed by atoms with Gasteiger partial charge in [0.2, 0.25) is 0 Å². The van der Waals surface area contributed by atoms with Gasteiger partial charge in [0.1, 0.15) is 11.6 Å². The smallest absolute Gasteiger partial charge is 0.410 e. The van der Waals surface area contributed by atoms with Crippen molar-refractivity contribution >= 4 is 17.4 Å². The summed E-state index contributed by atoms with van der Waals surface area (Å²) in [6.45, 7) is 1.59. The topological polar surface area (TPSA) is 92.3 Å². The molecule has 158 valence electrons. The third-order valence-corrected chi connectivity index (χ3v) is 4.94. The van der Waals surface area contributed by atoms with Crippen LogP contribution in [0.2, 0.25) is 0 Å². The fourth-order valence-corrected chi connectivity index (χ4v) is 3.43. The number of furan rings is 1. The quantitative estimate of drug-likeness (QED) is 0.580. The fourth-order valence-electron chi connectivity index (χ4n) is 3.43. The molecule has 3 aromatic rings. The van der Waals surface area contributed by atoms with Crippen molar-refractivity contribution in [1.82, 2.24) is 9.78 Å². The number of halogens is 3. The van der Waals surface area contributed by atoms with Crippen LogP contribution in [0.1, 0.15) is 53.3 Å². The molecular formula is C20H19F3N4O3. The number of carbonyl (C=O) groups excluding carboxylic acids is 1. The Labute approximate surface area is 169 Å². The Morgan fingerprint density at radius 1 is 1.33 bits per heavy atom. The second kappa shape index (κ2) is 7.52. The Balaban J connectivity index is 1.61. The van der Waals surface area contributed by atoms with Gasteiger partial charge in [0, 0.05) is 18.2 Å². The van der Waals surface area contributed by atoms with Crippen LogP contribution in [-0.2, 0) is 0 Å². The fraction of sp³-hybridized carbons (Fsp3) is 0.300. The van der Waals surface area contributed by atoms with Gasteiger partial charge in [0.05, 0.1) is 18.4 Å². The summed E-state index contributed by atoms with van der Waals surface area (Å²) in [5.74, 6) is -0.206. The zero-order valence-corrected chi connectivity index (χ0v) is 15.8. The van der Waals surface area contributed by atoms with Crippen LogP contribution < -0.4 is 10.6 Å². The Hall–Kier alpha value is -3.27. The summed E-state index contributed by atoms with van der Waals surface area (Å²) >= 11 is 0. The predicted octanol–water partition coefficient (Wildman–Crippen LogP) is 4.44. The summed E-state index contributed by atoms with van der Waals surface area (Å²) < 4.78 is 47.1. The molecule has 7 nitrogen and oxygen atoms in total. The number of anilines is 2. The summed E-state index contributed by atoms with van der Waals surface area (Å²) in [5, 5.41) is 19.1. The van der Waals surface area contributed by atoms with E-state index in [0.717, 1.165) is 4.68 Å². The van der Waals surface area contributed by atoms with Crippen molar-refractivity contribution in [1.29, 1.82) is 0 Å². The highest BCUT2D eigenvalue weighted by Gasteiger charge is 2.47. The van der Waals surface area contributed by atoms with Gasteiger partial charge in [-0.1, -0.05) is 12.1 Å². The first kappa shape index (κ1) is 20.0. The highest BCUT2D eigenvalue weighted by molar-refractivity contribution is 6.03. The monoisotopic (exact) mass is 420 g/mol. The average Bonchev–Trinajstić information content (AvgIpc) is 3.36. The van der Waals surface area contributed by atoms with Gasteiger partial charge < -0.3 is 20.2 Å². The van der Waals surface area contributed by atoms with Crippen molar-refractivity contribution in [3.63, 3.8) is 0 Å². The Kier molecular flexibility index (Phi) is 5.02. The maximum atomic E-state index is 13.7. The molecule has 0 radical (unpaired) electrons. The van der Waals surface area contributed by atoms with Crippen molar-refractivity contribution in [3.05, 3.63) is 65.7 Å². The van der Waals surface area contributed by atoms with Gasteiger partial charge in [-0.15, -0.1) is 0 Å². The van der Waals surface area contributed by atoms with E-state index < -0.39 is 30.3 Å². The van der Waals surface area contributed by atoms with E-state index in [0.29, 0.717) is 17.0 Å². The molecule has 1 aliphatic heterocycles. The number of carbonyl (C=O) groups is 1. The number of benzene rings is 1. The maximum Gasteiger partial charge on any atom is 0.410 e. The van der Waals surface area contributed by atoms with E-state index >= 15 is 0 Å². The summed E-state index contributed by atoms with van der Waals surface area (Å²) in [5.41, 5.74) is 0.837. The van der Waals surface area contributed by atoms with Gasteiger partial charge in [0.25, 0.3) is 5.91 Å². The Bertz CT molecular complexity index is 1040. The summed E-state index contributed by atoms with van der Waals surface area (Å²) in [4.78, 5) is 12.6. The number of hydrogen-bond acceptors (Lipinski definition) is 5. The number of aliphatic hydroxyl groups is 1. The van der Waals surface area contributed by atoms with Crippen LogP contribution in [0.15, 0.2) is 53.1 Å². The van der Waals surface area contributed by atoms with Crippen LogP contribution in [0.4, 0.5) is 24.7 Å². The molecule has 30 heavy (non-hydrogen) atoms. The molecule has 3 heterocycles. The molecule has 0 saturated heterocycles. The molecular weight excluding hydrogens is 401 g/mol. The lowest BCUT2D eigenvalue weighted by atomic mass is 10.0. The number of amides is 1. The third-order valence-electron chi connectivity index (χ3n) is 4.94. The average molecular weight is 420 g/mol. The first-order valence-electron chi connectivity index (χ1n) is 9.28. The lowest BCUT2D eigenvalue weighted by molar-refractivity contribution is -0.174. The highest BCUT2D eigenvalue weighted by atomic mass is 19.4. The molecule has 4 rings (SSSR count). The highest BCUT2D eigenvalue weighted by Crippen LogP contribution is 2.43. The van der Waals surface area contributed by atoms with Gasteiger partial charge in [-0.25, -0.2) is 4.68 Å². The van der Waals surface area contributed by atoms with Gasteiger partial charge in [-0.05, 0) is 36.8 Å². The van der Waals surface area contributed by atoms with E-state index in [1.165, 1.54) is 12.3 Å². The molecule has 10 heteroatoms. The minimum Gasteiger partial charge on any atom is -0.467 e. The van der Waals surface area contributed by atoms with Gasteiger partial charge in [-0.3, -0.25) is 4.79 Å². The first-order valence-corrected chi connectivity index (χ1v) is 9.28. The third kappa shape index (κ3) is 3.90. The second-order valence-corrected chi connectivity index (χ2v) is 7.12. The minimum atomic E-state index is -4.55. The lowest BCUT2D eigenvalue weighted by Gasteiger charge is -2.32. The normalized spacial score (nSPS) is 19.6. The van der Waals surface area contributed by atoms with Crippen molar-refractivity contribution in [2.24, 2.45) is 0 Å². The van der Waals surface area contributed by atoms with E-state index in [-0.39, 0.29) is 17.9 Å². The van der Waals surface area contributed by atoms with Crippen LogP contribution in [0.25, 0.3) is 0 Å². The molecule has 2 aromatic heterocycles. The SMILES string of the molecule is CC(O)c1cccc(NC(=O)c2cc3n(n2)C(C(F)(F)F)CC(c2ccco2)N3)c1. The molecule has 0 bridgehead atoms. The van der Waals surface area contributed by atoms with Crippen molar-refractivity contribution in [2.45, 2.75) is 37.7 Å². The van der Waals surface area contributed by atoms with Gasteiger partial charge in [-0.2, -0.15) is 18.3 Å². The lowest BCUT2D eigenvalue weighted by Crippen LogP contribution is -2.35. The van der Waals surface area contributed by atoms with E-state index in [9.17, 15) is 23.1 Å². The van der Waals surface area contributed by atoms with Crippen LogP contribution in [0.5, 0.6) is 0 Å². The molecule has 0 fully saturated rings. The van der Waals surface area contributed by atoms with E-state index in [4.69, 9.17) is 4.42 Å². The number of nitrogens with zero attached hydrogens (tertiary/aromatic N) is 2. The summed E-state index contributed by atoms with van der Waals surface area (Å²) in [7, 11) is 0. The molecule has 3 atom stereocenters. The number of rotatable bonds is 4. The molecule has 0 spiro atoms. The summed E-state index contributed by atoms with van der Waals surface area (Å²) in [6.07, 6.45) is -4.20. The van der Waals surface area contributed by atoms with Crippen molar-refractivity contribution in [3.8, 4) is 0 Å². The zero-order valence-electron chi connectivity index (χ0n) is 15.8. The number of hydrogen-bond donors (Lipinski definition) is 3. The van der Waals surface area contributed by atoms with Crippen LogP contribution in [0, 0.1) is 0 Å². The van der Waals surface area contributed by atoms with E-state index in [1.54, 1.807) is 43.3 Å². The molecule has 3 N–H and O–H groups in total. The Morgan fingerprint density at radius 3 is 2.80 bits per heavy atom. The number of nitrogens with one attached hydrogen (secondary N) is 2. The minimum absolute atomic E-state index is 0.0767. The zero-order chi connectivity index (χ0) is 21.5. The number of aliphatic hydroxyl groups excluding tert-OH is 1. The van der Waals surface area contributed by atoms with E-state index in [2.05, 4.69) is 15.7 Å². The first-order chi connectivity index (χ1) is 14.2. The molecule has 1 aromatic carbocycles. The van der Waals surface area contributed by atoms with Crippen LogP contribution in [0.3, 0.4) is 0 Å². The summed E-state index contributed by atoms with van der Waals surface area (Å²) in [6, 6.07) is 8.44. The second-order valence-electron chi connectivity index (χ2n) is 7.12. The number of fused-ring (bicyclic) bond motifs is 1. The molecule has 3 unspecified atom stereocenters. The largest absolute Gasteiger partial charge is 0.467 e. The van der Waals surface area contributed by atoms with Crippen molar-refractivity contribution in [2.75, 3.05) is 10.6 Å². The number of aromatic nitrogens is 2. The van der Waals surface area contributed by atoms with Gasteiger partial charge in [0.15, 0.2) is 11.7 Å². The molecule has 1 aliphatic rings.